The maximum Gasteiger partial charge on any atom is 0.223 e. The molecule has 6 heteroatoms. The van der Waals surface area contributed by atoms with Crippen molar-refractivity contribution in [3.8, 4) is 11.8 Å². The molecule has 0 spiro atoms. The van der Waals surface area contributed by atoms with Gasteiger partial charge < -0.3 is 9.64 Å². The zero-order valence-electron chi connectivity index (χ0n) is 13.0. The molecule has 0 atom stereocenters. The highest BCUT2D eigenvalue weighted by atomic mass is 16.5. The van der Waals surface area contributed by atoms with E-state index in [4.69, 9.17) is 10.00 Å². The lowest BCUT2D eigenvalue weighted by molar-refractivity contribution is -0.132. The Morgan fingerprint density at radius 2 is 2.26 bits per heavy atom. The number of carbonyl (C=O) groups is 1. The van der Waals surface area contributed by atoms with Gasteiger partial charge in [0.25, 0.3) is 0 Å². The fourth-order valence-electron chi connectivity index (χ4n) is 2.77. The van der Waals surface area contributed by atoms with Gasteiger partial charge >= 0.3 is 0 Å². The molecule has 1 amide bonds. The Balaban J connectivity index is 1.60. The number of aryl methyl sites for hydroxylation is 1. The molecule has 0 aliphatic carbocycles. The zero-order valence-corrected chi connectivity index (χ0v) is 13.0. The monoisotopic (exact) mass is 310 g/mol. The molecular weight excluding hydrogens is 292 g/mol. The maximum absolute atomic E-state index is 12.4. The van der Waals surface area contributed by atoms with Crippen molar-refractivity contribution in [1.82, 2.24) is 14.7 Å². The fraction of sp³-hybridized carbons (Fsp3) is 0.353. The van der Waals surface area contributed by atoms with Gasteiger partial charge in [-0.25, -0.2) is 0 Å². The summed E-state index contributed by atoms with van der Waals surface area (Å²) >= 11 is 0. The molecule has 1 aliphatic heterocycles. The normalized spacial score (nSPS) is 13.3. The van der Waals surface area contributed by atoms with Crippen LogP contribution in [0.25, 0.3) is 0 Å². The third-order valence-corrected chi connectivity index (χ3v) is 4.03. The molecule has 2 heterocycles. The molecule has 2 aromatic rings. The number of benzene rings is 1. The summed E-state index contributed by atoms with van der Waals surface area (Å²) in [5.41, 5.74) is 2.42. The van der Waals surface area contributed by atoms with Crippen molar-refractivity contribution in [2.24, 2.45) is 0 Å². The van der Waals surface area contributed by atoms with Gasteiger partial charge in [-0.3, -0.25) is 9.48 Å². The smallest absolute Gasteiger partial charge is 0.223 e. The predicted molar refractivity (Wildman–Crippen MR) is 83.7 cm³/mol. The van der Waals surface area contributed by atoms with Crippen LogP contribution in [0, 0.1) is 11.3 Å². The molecule has 0 saturated heterocycles. The van der Waals surface area contributed by atoms with Gasteiger partial charge in [0.1, 0.15) is 11.8 Å². The topological polar surface area (TPSA) is 71.2 Å². The number of fused-ring (bicyclic) bond motifs is 1. The van der Waals surface area contributed by atoms with E-state index in [-0.39, 0.29) is 5.91 Å². The summed E-state index contributed by atoms with van der Waals surface area (Å²) in [5.74, 6) is 0.930. The lowest BCUT2D eigenvalue weighted by atomic mass is 10.1. The van der Waals surface area contributed by atoms with E-state index in [1.807, 2.05) is 39.9 Å². The molecule has 0 radical (unpaired) electrons. The first-order chi connectivity index (χ1) is 11.2. The highest BCUT2D eigenvalue weighted by molar-refractivity contribution is 5.76. The summed E-state index contributed by atoms with van der Waals surface area (Å²) in [7, 11) is 1.64. The van der Waals surface area contributed by atoms with E-state index in [1.165, 1.54) is 0 Å². The van der Waals surface area contributed by atoms with Gasteiger partial charge in [0.15, 0.2) is 5.69 Å². The molecular formula is C17H18N4O2. The van der Waals surface area contributed by atoms with Gasteiger partial charge in [-0.05, 0) is 30.2 Å². The molecule has 1 aliphatic rings. The molecule has 1 aromatic heterocycles. The van der Waals surface area contributed by atoms with Crippen LogP contribution < -0.4 is 4.74 Å². The molecule has 118 valence electrons. The first-order valence-corrected chi connectivity index (χ1v) is 7.57. The Morgan fingerprint density at radius 1 is 1.39 bits per heavy atom. The van der Waals surface area contributed by atoms with Gasteiger partial charge in [-0.2, -0.15) is 10.4 Å². The summed E-state index contributed by atoms with van der Waals surface area (Å²) in [5, 5.41) is 13.1. The van der Waals surface area contributed by atoms with Crippen molar-refractivity contribution < 1.29 is 9.53 Å². The van der Waals surface area contributed by atoms with Crippen LogP contribution in [0.4, 0.5) is 0 Å². The fourth-order valence-corrected chi connectivity index (χ4v) is 2.77. The molecule has 0 unspecified atom stereocenters. The van der Waals surface area contributed by atoms with Crippen LogP contribution in [0.5, 0.6) is 5.75 Å². The minimum atomic E-state index is 0.124. The number of hydrogen-bond acceptors (Lipinski definition) is 4. The number of carbonyl (C=O) groups excluding carboxylic acids is 1. The van der Waals surface area contributed by atoms with Crippen molar-refractivity contribution in [1.29, 1.82) is 5.26 Å². The Kier molecular flexibility index (Phi) is 4.29. The Labute approximate surface area is 134 Å². The molecule has 0 fully saturated rings. The van der Waals surface area contributed by atoms with Crippen molar-refractivity contribution in [3.05, 3.63) is 47.3 Å². The van der Waals surface area contributed by atoms with Gasteiger partial charge in [0, 0.05) is 13.0 Å². The Morgan fingerprint density at radius 3 is 3.04 bits per heavy atom. The second-order valence-corrected chi connectivity index (χ2v) is 5.52. The van der Waals surface area contributed by atoms with E-state index < -0.39 is 0 Å². The molecule has 1 aromatic carbocycles. The summed E-state index contributed by atoms with van der Waals surface area (Å²) in [6, 6.07) is 11.6. The van der Waals surface area contributed by atoms with E-state index in [0.29, 0.717) is 38.2 Å². The summed E-state index contributed by atoms with van der Waals surface area (Å²) in [6.07, 6.45) is 1.15. The van der Waals surface area contributed by atoms with E-state index >= 15 is 0 Å². The van der Waals surface area contributed by atoms with Gasteiger partial charge in [0.2, 0.25) is 5.91 Å². The Hall–Kier alpha value is -2.81. The lowest BCUT2D eigenvalue weighted by Crippen LogP contribution is -2.38. The van der Waals surface area contributed by atoms with Gasteiger partial charge in [0.05, 0.1) is 25.9 Å². The van der Waals surface area contributed by atoms with Crippen molar-refractivity contribution in [2.45, 2.75) is 25.9 Å². The number of nitrogens with zero attached hydrogens (tertiary/aromatic N) is 4. The zero-order chi connectivity index (χ0) is 16.2. The summed E-state index contributed by atoms with van der Waals surface area (Å²) in [6.45, 7) is 1.80. The molecule has 3 rings (SSSR count). The number of hydrogen-bond donors (Lipinski definition) is 0. The van der Waals surface area contributed by atoms with Crippen LogP contribution in [-0.4, -0.2) is 34.2 Å². The number of methoxy groups -OCH3 is 1. The molecule has 6 nitrogen and oxygen atoms in total. The quantitative estimate of drug-likeness (QED) is 0.862. The van der Waals surface area contributed by atoms with Crippen molar-refractivity contribution in [2.75, 3.05) is 13.7 Å². The lowest BCUT2D eigenvalue weighted by Gasteiger charge is -2.27. The highest BCUT2D eigenvalue weighted by Crippen LogP contribution is 2.17. The summed E-state index contributed by atoms with van der Waals surface area (Å²) in [4.78, 5) is 14.2. The first-order valence-electron chi connectivity index (χ1n) is 7.57. The van der Waals surface area contributed by atoms with Crippen LogP contribution >= 0.6 is 0 Å². The maximum atomic E-state index is 12.4. The number of amides is 1. The molecule has 23 heavy (non-hydrogen) atoms. The highest BCUT2D eigenvalue weighted by Gasteiger charge is 2.22. The minimum Gasteiger partial charge on any atom is -0.497 e. The largest absolute Gasteiger partial charge is 0.497 e. The average molecular weight is 310 g/mol. The summed E-state index contributed by atoms with van der Waals surface area (Å²) < 4.78 is 7.01. The molecule has 0 N–H and O–H groups in total. The van der Waals surface area contributed by atoms with Crippen molar-refractivity contribution >= 4 is 5.91 Å². The van der Waals surface area contributed by atoms with Crippen LogP contribution in [0.1, 0.15) is 23.4 Å². The second-order valence-electron chi connectivity index (χ2n) is 5.52. The van der Waals surface area contributed by atoms with E-state index in [9.17, 15) is 4.79 Å². The number of nitriles is 1. The SMILES string of the molecule is COc1cccc(CCC(=O)N2CCn3nc(C#N)cc3C2)c1. The molecule has 0 saturated carbocycles. The average Bonchev–Trinajstić information content (AvgIpc) is 3.02. The standard InChI is InChI=1S/C17H18N4O2/c1-23-16-4-2-3-13(9-16)5-6-17(22)20-7-8-21-15(12-20)10-14(11-18)19-21/h2-4,9-10H,5-8,12H2,1H3. The number of aromatic nitrogens is 2. The van der Waals surface area contributed by atoms with E-state index in [1.54, 1.807) is 13.2 Å². The van der Waals surface area contributed by atoms with Gasteiger partial charge in [-0.15, -0.1) is 0 Å². The van der Waals surface area contributed by atoms with Crippen LogP contribution in [-0.2, 0) is 24.3 Å². The third kappa shape index (κ3) is 3.34. The number of rotatable bonds is 4. The Bertz CT molecular complexity index is 760. The van der Waals surface area contributed by atoms with Crippen LogP contribution in [0.3, 0.4) is 0 Å². The van der Waals surface area contributed by atoms with E-state index in [0.717, 1.165) is 17.0 Å². The van der Waals surface area contributed by atoms with Gasteiger partial charge in [-0.1, -0.05) is 12.1 Å². The number of ether oxygens (including phenoxy) is 1. The third-order valence-electron chi connectivity index (χ3n) is 4.03. The predicted octanol–water partition coefficient (Wildman–Crippen LogP) is 1.74. The second kappa shape index (κ2) is 6.53. The van der Waals surface area contributed by atoms with Crippen molar-refractivity contribution in [3.63, 3.8) is 0 Å². The molecule has 0 bridgehead atoms. The first kappa shape index (κ1) is 15.1. The van der Waals surface area contributed by atoms with Crippen LogP contribution in [0.2, 0.25) is 0 Å². The van der Waals surface area contributed by atoms with Crippen LogP contribution in [0.15, 0.2) is 30.3 Å². The van der Waals surface area contributed by atoms with E-state index in [2.05, 4.69) is 5.10 Å². The minimum absolute atomic E-state index is 0.124.